The van der Waals surface area contributed by atoms with Crippen LogP contribution in [0.3, 0.4) is 0 Å². The molecule has 0 saturated heterocycles. The zero-order chi connectivity index (χ0) is 15.7. The number of rotatable bonds is 7. The first-order chi connectivity index (χ1) is 10.1. The van der Waals surface area contributed by atoms with Crippen LogP contribution >= 0.6 is 11.3 Å². The third kappa shape index (κ3) is 5.91. The predicted molar refractivity (Wildman–Crippen MR) is 88.1 cm³/mol. The summed E-state index contributed by atoms with van der Waals surface area (Å²) >= 11 is 1.55. The van der Waals surface area contributed by atoms with Crippen LogP contribution in [0.25, 0.3) is 0 Å². The molecule has 0 aromatic carbocycles. The molecule has 1 aromatic heterocycles. The molecule has 0 atom stereocenters. The average molecular weight is 307 g/mol. The Labute approximate surface area is 132 Å². The molecule has 116 valence electrons. The molecule has 0 bridgehead atoms. The van der Waals surface area contributed by atoms with Gasteiger partial charge in [0.2, 0.25) is 5.91 Å². The molecule has 0 aliphatic carbocycles. The van der Waals surface area contributed by atoms with Crippen molar-refractivity contribution in [2.24, 2.45) is 5.92 Å². The van der Waals surface area contributed by atoms with Gasteiger partial charge in [0.1, 0.15) is 6.61 Å². The molecule has 21 heavy (non-hydrogen) atoms. The minimum atomic E-state index is -0.124. The van der Waals surface area contributed by atoms with E-state index in [0.717, 1.165) is 36.1 Å². The second kappa shape index (κ2) is 9.59. The molecule has 1 heterocycles. The van der Waals surface area contributed by atoms with Gasteiger partial charge >= 0.3 is 0 Å². The van der Waals surface area contributed by atoms with Crippen LogP contribution in [0.4, 0.5) is 0 Å². The van der Waals surface area contributed by atoms with Crippen LogP contribution in [0.15, 0.2) is 11.4 Å². The Balaban J connectivity index is 2.64. The Morgan fingerprint density at radius 2 is 2.05 bits per heavy atom. The van der Waals surface area contributed by atoms with Crippen LogP contribution in [0.2, 0.25) is 0 Å². The normalized spacial score (nSPS) is 10.3. The lowest BCUT2D eigenvalue weighted by Crippen LogP contribution is -2.32. The summed E-state index contributed by atoms with van der Waals surface area (Å²) in [7, 11) is 1.87. The first kappa shape index (κ1) is 17.7. The van der Waals surface area contributed by atoms with Crippen molar-refractivity contribution in [3.05, 3.63) is 21.9 Å². The molecule has 1 amide bonds. The maximum absolute atomic E-state index is 12.5. The molecule has 1 N–H and O–H groups in total. The SMILES string of the molecule is CCCC(CCC)C(=O)N(C)Cc1csc(C#CCO)c1. The molecule has 0 aliphatic rings. The van der Waals surface area contributed by atoms with Crippen molar-refractivity contribution in [1.82, 2.24) is 4.90 Å². The zero-order valence-electron chi connectivity index (χ0n) is 13.2. The molecule has 1 aromatic rings. The number of nitrogens with zero attached hydrogens (tertiary/aromatic N) is 1. The smallest absolute Gasteiger partial charge is 0.225 e. The summed E-state index contributed by atoms with van der Waals surface area (Å²) in [5.74, 6) is 5.93. The van der Waals surface area contributed by atoms with Crippen LogP contribution in [0.5, 0.6) is 0 Å². The predicted octanol–water partition coefficient (Wildman–Crippen LogP) is 3.27. The molecule has 0 fully saturated rings. The first-order valence-electron chi connectivity index (χ1n) is 7.54. The number of aliphatic hydroxyl groups is 1. The lowest BCUT2D eigenvalue weighted by Gasteiger charge is -2.23. The van der Waals surface area contributed by atoms with E-state index >= 15 is 0 Å². The highest BCUT2D eigenvalue weighted by atomic mass is 32.1. The van der Waals surface area contributed by atoms with Gasteiger partial charge in [-0.25, -0.2) is 0 Å². The van der Waals surface area contributed by atoms with E-state index in [4.69, 9.17) is 5.11 Å². The Morgan fingerprint density at radius 3 is 2.62 bits per heavy atom. The monoisotopic (exact) mass is 307 g/mol. The summed E-state index contributed by atoms with van der Waals surface area (Å²) < 4.78 is 0. The quantitative estimate of drug-likeness (QED) is 0.785. The van der Waals surface area contributed by atoms with Crippen molar-refractivity contribution in [3.63, 3.8) is 0 Å². The van der Waals surface area contributed by atoms with Crippen molar-refractivity contribution in [3.8, 4) is 11.8 Å². The van der Waals surface area contributed by atoms with Crippen LogP contribution < -0.4 is 0 Å². The highest BCUT2D eigenvalue weighted by Gasteiger charge is 2.20. The third-order valence-electron chi connectivity index (χ3n) is 3.36. The van der Waals surface area contributed by atoms with Gasteiger partial charge in [-0.05, 0) is 29.9 Å². The third-order valence-corrected chi connectivity index (χ3v) is 4.26. The minimum absolute atomic E-state index is 0.124. The van der Waals surface area contributed by atoms with Crippen molar-refractivity contribution in [1.29, 1.82) is 0 Å². The summed E-state index contributed by atoms with van der Waals surface area (Å²) in [6, 6.07) is 1.99. The fourth-order valence-corrected chi connectivity index (χ4v) is 3.17. The van der Waals surface area contributed by atoms with Gasteiger partial charge in [-0.1, -0.05) is 38.5 Å². The standard InChI is InChI=1S/C17H25NO2S/c1-4-7-15(8-5-2)17(20)18(3)12-14-11-16(21-13-14)9-6-10-19/h11,13,15,19H,4-5,7-8,10,12H2,1-3H3. The Morgan fingerprint density at radius 1 is 1.38 bits per heavy atom. The van der Waals surface area contributed by atoms with E-state index in [0.29, 0.717) is 6.54 Å². The number of amides is 1. The van der Waals surface area contributed by atoms with E-state index in [1.165, 1.54) is 0 Å². The van der Waals surface area contributed by atoms with Crippen molar-refractivity contribution < 1.29 is 9.90 Å². The lowest BCUT2D eigenvalue weighted by molar-refractivity contribution is -0.135. The van der Waals surface area contributed by atoms with Crippen molar-refractivity contribution >= 4 is 17.2 Å². The fourth-order valence-electron chi connectivity index (χ4n) is 2.40. The number of thiophene rings is 1. The molecular formula is C17H25NO2S. The highest BCUT2D eigenvalue weighted by Crippen LogP contribution is 2.19. The Hall–Kier alpha value is -1.31. The van der Waals surface area contributed by atoms with Crippen LogP contribution in [0, 0.1) is 17.8 Å². The summed E-state index contributed by atoms with van der Waals surface area (Å²) in [6.07, 6.45) is 4.02. The number of aliphatic hydroxyl groups excluding tert-OH is 1. The molecule has 1 rings (SSSR count). The second-order valence-corrected chi connectivity index (χ2v) is 6.16. The number of hydrogen-bond acceptors (Lipinski definition) is 3. The molecule has 4 heteroatoms. The molecule has 0 saturated carbocycles. The molecule has 3 nitrogen and oxygen atoms in total. The molecule has 0 unspecified atom stereocenters. The maximum Gasteiger partial charge on any atom is 0.225 e. The molecular weight excluding hydrogens is 282 g/mol. The average Bonchev–Trinajstić information content (AvgIpc) is 2.91. The Kier molecular flexibility index (Phi) is 8.11. The zero-order valence-corrected chi connectivity index (χ0v) is 14.0. The van der Waals surface area contributed by atoms with E-state index in [-0.39, 0.29) is 18.4 Å². The maximum atomic E-state index is 12.5. The van der Waals surface area contributed by atoms with Gasteiger partial charge in [0.15, 0.2) is 0 Å². The van der Waals surface area contributed by atoms with E-state index < -0.39 is 0 Å². The van der Waals surface area contributed by atoms with Gasteiger partial charge in [0.05, 0.1) is 4.88 Å². The van der Waals surface area contributed by atoms with E-state index in [2.05, 4.69) is 25.7 Å². The fraction of sp³-hybridized carbons (Fsp3) is 0.588. The largest absolute Gasteiger partial charge is 0.384 e. The number of hydrogen-bond donors (Lipinski definition) is 1. The summed E-state index contributed by atoms with van der Waals surface area (Å²) in [6.45, 7) is 4.75. The lowest BCUT2D eigenvalue weighted by atomic mass is 9.97. The van der Waals surface area contributed by atoms with Crippen LogP contribution in [0.1, 0.15) is 50.0 Å². The van der Waals surface area contributed by atoms with E-state index in [1.54, 1.807) is 11.3 Å². The topological polar surface area (TPSA) is 40.5 Å². The second-order valence-electron chi connectivity index (χ2n) is 5.25. The van der Waals surface area contributed by atoms with Gasteiger partial charge in [-0.3, -0.25) is 4.79 Å². The summed E-state index contributed by atoms with van der Waals surface area (Å²) in [5, 5.41) is 10.7. The van der Waals surface area contributed by atoms with Gasteiger partial charge in [-0.2, -0.15) is 0 Å². The van der Waals surface area contributed by atoms with Gasteiger partial charge < -0.3 is 10.0 Å². The van der Waals surface area contributed by atoms with Gasteiger partial charge in [0, 0.05) is 19.5 Å². The van der Waals surface area contributed by atoms with Crippen molar-refractivity contribution in [2.45, 2.75) is 46.1 Å². The first-order valence-corrected chi connectivity index (χ1v) is 8.42. The minimum Gasteiger partial charge on any atom is -0.384 e. The van der Waals surface area contributed by atoms with E-state index in [1.807, 2.05) is 23.4 Å². The van der Waals surface area contributed by atoms with Crippen molar-refractivity contribution in [2.75, 3.05) is 13.7 Å². The van der Waals surface area contributed by atoms with Gasteiger partial charge in [0.25, 0.3) is 0 Å². The number of carbonyl (C=O) groups is 1. The molecule has 0 radical (unpaired) electrons. The van der Waals surface area contributed by atoms with Crippen LogP contribution in [-0.2, 0) is 11.3 Å². The van der Waals surface area contributed by atoms with Crippen LogP contribution in [-0.4, -0.2) is 29.6 Å². The summed E-state index contributed by atoms with van der Waals surface area (Å²) in [4.78, 5) is 15.2. The molecule has 0 spiro atoms. The number of carbonyl (C=O) groups excluding carboxylic acids is 1. The van der Waals surface area contributed by atoms with Gasteiger partial charge in [-0.15, -0.1) is 11.3 Å². The summed E-state index contributed by atoms with van der Waals surface area (Å²) in [5.41, 5.74) is 1.10. The Bertz CT molecular complexity index is 492. The highest BCUT2D eigenvalue weighted by molar-refractivity contribution is 7.10. The molecule has 0 aliphatic heterocycles. The van der Waals surface area contributed by atoms with E-state index in [9.17, 15) is 4.79 Å².